The van der Waals surface area contributed by atoms with Crippen molar-refractivity contribution < 1.29 is 4.79 Å². The Kier molecular flexibility index (Phi) is 4.11. The molecule has 110 valence electrons. The minimum Gasteiger partial charge on any atom is -0.396 e. The highest BCUT2D eigenvalue weighted by molar-refractivity contribution is 7.10. The first-order valence-electron chi connectivity index (χ1n) is 6.68. The van der Waals surface area contributed by atoms with Crippen molar-refractivity contribution in [2.45, 2.75) is 25.3 Å². The molecule has 1 aliphatic carbocycles. The molecule has 1 aromatic heterocycles. The van der Waals surface area contributed by atoms with Crippen LogP contribution in [0, 0.1) is 0 Å². The Morgan fingerprint density at radius 2 is 2.05 bits per heavy atom. The highest BCUT2D eigenvalue weighted by atomic mass is 35.5. The lowest BCUT2D eigenvalue weighted by atomic mass is 9.94. The lowest BCUT2D eigenvalue weighted by Gasteiger charge is -2.23. The summed E-state index contributed by atoms with van der Waals surface area (Å²) in [5.41, 5.74) is 7.65. The smallest absolute Gasteiger partial charge is 0.251 e. The molecule has 3 rings (SSSR count). The van der Waals surface area contributed by atoms with Gasteiger partial charge in [-0.3, -0.25) is 4.79 Å². The zero-order valence-corrected chi connectivity index (χ0v) is 13.5. The first kappa shape index (κ1) is 14.7. The second-order valence-corrected chi connectivity index (χ2v) is 6.89. The highest BCUT2D eigenvalue weighted by Crippen LogP contribution is 2.34. The number of anilines is 1. The molecule has 0 bridgehead atoms. The molecule has 0 saturated carbocycles. The number of carbonyl (C=O) groups excluding carboxylic acids is 1. The van der Waals surface area contributed by atoms with Gasteiger partial charge < -0.3 is 11.1 Å². The molecule has 3 N–H and O–H groups in total. The van der Waals surface area contributed by atoms with Gasteiger partial charge in [0.25, 0.3) is 5.91 Å². The fourth-order valence-electron chi connectivity index (χ4n) is 2.59. The van der Waals surface area contributed by atoms with Gasteiger partial charge in [0, 0.05) is 10.4 Å². The molecular weight excluding hydrogens is 327 g/mol. The van der Waals surface area contributed by atoms with Crippen molar-refractivity contribution in [3.8, 4) is 0 Å². The van der Waals surface area contributed by atoms with Gasteiger partial charge >= 0.3 is 0 Å². The number of carbonyl (C=O) groups is 1. The first-order chi connectivity index (χ1) is 10.1. The molecule has 1 aliphatic rings. The quantitative estimate of drug-likeness (QED) is 0.793. The molecule has 1 atom stereocenters. The van der Waals surface area contributed by atoms with Crippen LogP contribution in [0.1, 0.15) is 39.7 Å². The molecule has 0 fully saturated rings. The lowest BCUT2D eigenvalue weighted by Crippen LogP contribution is -2.30. The third kappa shape index (κ3) is 2.89. The Bertz CT molecular complexity index is 676. The Morgan fingerprint density at radius 1 is 1.33 bits per heavy atom. The Morgan fingerprint density at radius 3 is 2.76 bits per heavy atom. The zero-order valence-electron chi connectivity index (χ0n) is 11.2. The maximum Gasteiger partial charge on any atom is 0.251 e. The van der Waals surface area contributed by atoms with Gasteiger partial charge in [0.2, 0.25) is 0 Å². The van der Waals surface area contributed by atoms with E-state index >= 15 is 0 Å². The van der Waals surface area contributed by atoms with E-state index in [0.29, 0.717) is 21.3 Å². The predicted molar refractivity (Wildman–Crippen MR) is 88.3 cm³/mol. The summed E-state index contributed by atoms with van der Waals surface area (Å²) < 4.78 is 0. The van der Waals surface area contributed by atoms with Gasteiger partial charge in [0.1, 0.15) is 0 Å². The van der Waals surface area contributed by atoms with Crippen molar-refractivity contribution >= 4 is 46.1 Å². The van der Waals surface area contributed by atoms with Gasteiger partial charge in [-0.05, 0) is 48.4 Å². The molecule has 1 aromatic carbocycles. The number of rotatable bonds is 2. The summed E-state index contributed by atoms with van der Waals surface area (Å²) in [6.07, 6.45) is 3.13. The molecule has 3 nitrogen and oxygen atoms in total. The average Bonchev–Trinajstić information content (AvgIpc) is 2.93. The van der Waals surface area contributed by atoms with Gasteiger partial charge in [-0.25, -0.2) is 0 Å². The van der Waals surface area contributed by atoms with Crippen molar-refractivity contribution in [3.05, 3.63) is 49.6 Å². The number of hydrogen-bond acceptors (Lipinski definition) is 3. The van der Waals surface area contributed by atoms with Gasteiger partial charge in [0.15, 0.2) is 0 Å². The van der Waals surface area contributed by atoms with Crippen LogP contribution in [-0.4, -0.2) is 5.91 Å². The molecule has 0 aliphatic heterocycles. The number of benzene rings is 1. The zero-order chi connectivity index (χ0) is 15.0. The van der Waals surface area contributed by atoms with E-state index in [-0.39, 0.29) is 11.9 Å². The fourth-order valence-corrected chi connectivity index (χ4v) is 4.07. The van der Waals surface area contributed by atoms with E-state index in [1.54, 1.807) is 23.5 Å². The van der Waals surface area contributed by atoms with E-state index in [1.165, 1.54) is 10.4 Å². The number of nitrogens with two attached hydrogens (primary N) is 1. The number of nitrogens with one attached hydrogen (secondary N) is 1. The summed E-state index contributed by atoms with van der Waals surface area (Å²) in [5.74, 6) is -0.178. The van der Waals surface area contributed by atoms with Gasteiger partial charge in [0.05, 0.1) is 21.8 Å². The van der Waals surface area contributed by atoms with E-state index in [9.17, 15) is 4.79 Å². The van der Waals surface area contributed by atoms with Crippen LogP contribution in [0.3, 0.4) is 0 Å². The monoisotopic (exact) mass is 340 g/mol. The summed E-state index contributed by atoms with van der Waals surface area (Å²) in [7, 11) is 0. The van der Waals surface area contributed by atoms with Crippen molar-refractivity contribution in [2.75, 3.05) is 5.73 Å². The van der Waals surface area contributed by atoms with Gasteiger partial charge in [-0.1, -0.05) is 23.2 Å². The number of halogens is 2. The largest absolute Gasteiger partial charge is 0.396 e. The molecule has 0 radical (unpaired) electrons. The average molecular weight is 341 g/mol. The van der Waals surface area contributed by atoms with Crippen LogP contribution in [0.25, 0.3) is 0 Å². The fraction of sp³-hybridized carbons (Fsp3) is 0.267. The van der Waals surface area contributed by atoms with Gasteiger partial charge in [-0.15, -0.1) is 11.3 Å². The molecule has 21 heavy (non-hydrogen) atoms. The van der Waals surface area contributed by atoms with E-state index in [4.69, 9.17) is 28.9 Å². The summed E-state index contributed by atoms with van der Waals surface area (Å²) in [5, 5.41) is 5.73. The van der Waals surface area contributed by atoms with Crippen molar-refractivity contribution in [1.29, 1.82) is 0 Å². The number of nitrogen functional groups attached to an aromatic ring is 1. The van der Waals surface area contributed by atoms with Crippen molar-refractivity contribution in [3.63, 3.8) is 0 Å². The Balaban J connectivity index is 1.82. The number of aryl methyl sites for hydroxylation is 1. The van der Waals surface area contributed by atoms with Crippen molar-refractivity contribution in [2.24, 2.45) is 0 Å². The van der Waals surface area contributed by atoms with Crippen LogP contribution in [0.2, 0.25) is 10.0 Å². The van der Waals surface area contributed by atoms with E-state index in [0.717, 1.165) is 19.3 Å². The lowest BCUT2D eigenvalue weighted by molar-refractivity contribution is 0.0933. The maximum atomic E-state index is 12.4. The molecule has 1 heterocycles. The topological polar surface area (TPSA) is 55.1 Å². The summed E-state index contributed by atoms with van der Waals surface area (Å²) in [4.78, 5) is 13.8. The molecule has 2 aromatic rings. The Hall–Kier alpha value is -1.23. The molecule has 0 saturated heterocycles. The van der Waals surface area contributed by atoms with E-state index in [2.05, 4.69) is 16.8 Å². The molecule has 6 heteroatoms. The highest BCUT2D eigenvalue weighted by Gasteiger charge is 2.23. The molecule has 1 unspecified atom stereocenters. The third-order valence-corrected chi connectivity index (χ3v) is 5.32. The van der Waals surface area contributed by atoms with E-state index in [1.807, 2.05) is 0 Å². The number of hydrogen-bond donors (Lipinski definition) is 2. The second kappa shape index (κ2) is 5.87. The van der Waals surface area contributed by atoms with Crippen LogP contribution in [0.4, 0.5) is 5.69 Å². The maximum absolute atomic E-state index is 12.4. The summed E-state index contributed by atoms with van der Waals surface area (Å²) in [6.45, 7) is 0. The van der Waals surface area contributed by atoms with Crippen LogP contribution < -0.4 is 11.1 Å². The van der Waals surface area contributed by atoms with Crippen LogP contribution in [0.5, 0.6) is 0 Å². The van der Waals surface area contributed by atoms with Crippen LogP contribution in [0.15, 0.2) is 23.6 Å². The van der Waals surface area contributed by atoms with Crippen molar-refractivity contribution in [1.82, 2.24) is 5.32 Å². The molecule has 0 spiro atoms. The minimum absolute atomic E-state index is 0.0580. The number of thiophene rings is 1. The van der Waals surface area contributed by atoms with E-state index < -0.39 is 0 Å². The normalized spacial score (nSPS) is 17.3. The minimum atomic E-state index is -0.178. The third-order valence-electron chi connectivity index (χ3n) is 3.70. The first-order valence-corrected chi connectivity index (χ1v) is 8.31. The molecular formula is C15H14Cl2N2OS. The van der Waals surface area contributed by atoms with Crippen LogP contribution in [-0.2, 0) is 6.42 Å². The number of amides is 1. The Labute approximate surface area is 137 Å². The summed E-state index contributed by atoms with van der Waals surface area (Å²) in [6, 6.07) is 5.25. The molecule has 1 amide bonds. The standard InChI is InChI=1S/C15H14Cl2N2OS/c16-10-6-8(7-11(17)14(10)18)15(20)19-12-2-1-3-13-9(12)4-5-21-13/h4-7,12H,1-3,18H2,(H,19,20). The predicted octanol–water partition coefficient (Wildman–Crippen LogP) is 4.44. The second-order valence-electron chi connectivity index (χ2n) is 5.07. The van der Waals surface area contributed by atoms with Gasteiger partial charge in [-0.2, -0.15) is 0 Å². The van der Waals surface area contributed by atoms with Crippen LogP contribution >= 0.6 is 34.5 Å². The SMILES string of the molecule is Nc1c(Cl)cc(C(=O)NC2CCCc3sccc32)cc1Cl. The summed E-state index contributed by atoms with van der Waals surface area (Å²) >= 11 is 13.7. The number of fused-ring (bicyclic) bond motifs is 1.